The molecule has 0 radical (unpaired) electrons. The Balaban J connectivity index is 1.64. The number of carbonyl (C=O) groups excluding carboxylic acids is 2. The standard InChI is InChI=1S/C24H27N5O2S/c30-23(26-20-11-5-2-6-12-20)22(19-10-7-14-25-16-19)29(24(31)21-17-32-28-27-21)15-13-18-8-3-1-4-9-18/h1,3-4,7-10,14,16-17,20,22H,2,5-6,11-13,15H2,(H,26,30)/t22-/m1/s1. The van der Waals surface area contributed by atoms with Crippen LogP contribution in [0, 0.1) is 0 Å². The Morgan fingerprint density at radius 3 is 2.59 bits per heavy atom. The van der Waals surface area contributed by atoms with Crippen molar-refractivity contribution in [3.8, 4) is 0 Å². The zero-order chi connectivity index (χ0) is 22.2. The van der Waals surface area contributed by atoms with Crippen LogP contribution in [0.5, 0.6) is 0 Å². The Bertz CT molecular complexity index is 992. The molecule has 1 aromatic carbocycles. The predicted octanol–water partition coefficient (Wildman–Crippen LogP) is 3.81. The average Bonchev–Trinajstić information content (AvgIpc) is 3.38. The molecule has 4 rings (SSSR count). The molecule has 0 aliphatic heterocycles. The summed E-state index contributed by atoms with van der Waals surface area (Å²) in [6, 6.07) is 12.9. The second-order valence-corrected chi connectivity index (χ2v) is 8.67. The molecule has 3 aromatic rings. The molecule has 0 spiro atoms. The number of benzene rings is 1. The molecule has 2 amide bonds. The van der Waals surface area contributed by atoms with Crippen molar-refractivity contribution in [2.75, 3.05) is 6.54 Å². The second-order valence-electron chi connectivity index (χ2n) is 8.06. The molecule has 1 aliphatic carbocycles. The first-order valence-corrected chi connectivity index (χ1v) is 11.9. The molecule has 2 heterocycles. The lowest BCUT2D eigenvalue weighted by atomic mass is 9.94. The van der Waals surface area contributed by atoms with Gasteiger partial charge in [0.2, 0.25) is 5.91 Å². The van der Waals surface area contributed by atoms with Crippen LogP contribution in [0.3, 0.4) is 0 Å². The fourth-order valence-corrected chi connectivity index (χ4v) is 4.61. The van der Waals surface area contributed by atoms with Gasteiger partial charge < -0.3 is 10.2 Å². The maximum absolute atomic E-state index is 13.6. The first-order chi connectivity index (χ1) is 15.7. The molecule has 8 heteroatoms. The number of hydrogen-bond donors (Lipinski definition) is 1. The highest BCUT2D eigenvalue weighted by molar-refractivity contribution is 7.03. The van der Waals surface area contributed by atoms with E-state index in [0.717, 1.165) is 42.8 Å². The summed E-state index contributed by atoms with van der Waals surface area (Å²) in [4.78, 5) is 32.9. The fraction of sp³-hybridized carbons (Fsp3) is 0.375. The molecule has 166 valence electrons. The number of nitrogens with one attached hydrogen (secondary N) is 1. The van der Waals surface area contributed by atoms with E-state index in [9.17, 15) is 9.59 Å². The van der Waals surface area contributed by atoms with Crippen molar-refractivity contribution in [3.63, 3.8) is 0 Å². The molecule has 1 N–H and O–H groups in total. The summed E-state index contributed by atoms with van der Waals surface area (Å²) in [7, 11) is 0. The summed E-state index contributed by atoms with van der Waals surface area (Å²) in [5.41, 5.74) is 2.03. The van der Waals surface area contributed by atoms with E-state index in [2.05, 4.69) is 19.9 Å². The van der Waals surface area contributed by atoms with Crippen LogP contribution in [0.4, 0.5) is 0 Å². The number of amides is 2. The number of pyridine rings is 1. The minimum absolute atomic E-state index is 0.141. The summed E-state index contributed by atoms with van der Waals surface area (Å²) >= 11 is 1.12. The van der Waals surface area contributed by atoms with Crippen molar-refractivity contribution >= 4 is 23.3 Å². The molecule has 0 bridgehead atoms. The van der Waals surface area contributed by atoms with E-state index in [4.69, 9.17) is 0 Å². The molecule has 0 saturated heterocycles. The van der Waals surface area contributed by atoms with Gasteiger partial charge in [-0.25, -0.2) is 0 Å². The first-order valence-electron chi connectivity index (χ1n) is 11.0. The highest BCUT2D eigenvalue weighted by Gasteiger charge is 2.34. The smallest absolute Gasteiger partial charge is 0.276 e. The molecule has 1 fully saturated rings. The highest BCUT2D eigenvalue weighted by atomic mass is 32.1. The molecular formula is C24H27N5O2S. The Morgan fingerprint density at radius 1 is 1.09 bits per heavy atom. The average molecular weight is 450 g/mol. The van der Waals surface area contributed by atoms with E-state index in [1.165, 1.54) is 6.42 Å². The molecule has 1 saturated carbocycles. The van der Waals surface area contributed by atoms with Gasteiger partial charge in [0.15, 0.2) is 5.69 Å². The number of hydrogen-bond acceptors (Lipinski definition) is 6. The van der Waals surface area contributed by atoms with Gasteiger partial charge in [-0.05, 0) is 42.4 Å². The largest absolute Gasteiger partial charge is 0.351 e. The lowest BCUT2D eigenvalue weighted by Crippen LogP contribution is -2.47. The molecular weight excluding hydrogens is 422 g/mol. The topological polar surface area (TPSA) is 88.1 Å². The molecule has 7 nitrogen and oxygen atoms in total. The van der Waals surface area contributed by atoms with E-state index in [0.29, 0.717) is 18.5 Å². The minimum Gasteiger partial charge on any atom is -0.351 e. The normalized spacial score (nSPS) is 15.1. The number of rotatable bonds is 8. The van der Waals surface area contributed by atoms with Gasteiger partial charge in [0.05, 0.1) is 0 Å². The maximum atomic E-state index is 13.6. The summed E-state index contributed by atoms with van der Waals surface area (Å²) in [5, 5.41) is 8.80. The van der Waals surface area contributed by atoms with Crippen LogP contribution in [0.15, 0.2) is 60.2 Å². The van der Waals surface area contributed by atoms with Gasteiger partial charge in [-0.1, -0.05) is 60.1 Å². The van der Waals surface area contributed by atoms with E-state index >= 15 is 0 Å². The van der Waals surface area contributed by atoms with Gasteiger partial charge >= 0.3 is 0 Å². The summed E-state index contributed by atoms with van der Waals surface area (Å²) in [5.74, 6) is -0.475. The quantitative estimate of drug-likeness (QED) is 0.565. The van der Waals surface area contributed by atoms with Crippen LogP contribution in [-0.4, -0.2) is 43.9 Å². The van der Waals surface area contributed by atoms with Crippen molar-refractivity contribution in [2.45, 2.75) is 50.6 Å². The molecule has 1 atom stereocenters. The third kappa shape index (κ3) is 5.56. The Labute approximate surface area is 192 Å². The van der Waals surface area contributed by atoms with E-state index in [1.807, 2.05) is 36.4 Å². The predicted molar refractivity (Wildman–Crippen MR) is 123 cm³/mol. The van der Waals surface area contributed by atoms with Gasteiger partial charge in [-0.2, -0.15) is 0 Å². The Kier molecular flexibility index (Phi) is 7.55. The van der Waals surface area contributed by atoms with Gasteiger partial charge in [0.25, 0.3) is 5.91 Å². The van der Waals surface area contributed by atoms with Crippen LogP contribution in [0.2, 0.25) is 0 Å². The summed E-state index contributed by atoms with van der Waals surface area (Å²) in [6.45, 7) is 0.373. The van der Waals surface area contributed by atoms with Crippen molar-refractivity contribution < 1.29 is 9.59 Å². The molecule has 2 aromatic heterocycles. The van der Waals surface area contributed by atoms with Crippen LogP contribution < -0.4 is 5.32 Å². The van der Waals surface area contributed by atoms with Gasteiger partial charge in [-0.15, -0.1) is 5.10 Å². The third-order valence-corrected chi connectivity index (χ3v) is 6.34. The zero-order valence-electron chi connectivity index (χ0n) is 17.9. The Morgan fingerprint density at radius 2 is 1.91 bits per heavy atom. The zero-order valence-corrected chi connectivity index (χ0v) is 18.7. The minimum atomic E-state index is -0.788. The fourth-order valence-electron chi connectivity index (χ4n) is 4.18. The SMILES string of the molecule is O=C(NC1CCCCC1)[C@@H](c1cccnc1)N(CCc1ccccc1)C(=O)c1csnn1. The second kappa shape index (κ2) is 10.9. The Hall–Kier alpha value is -3.13. The van der Waals surface area contributed by atoms with Crippen LogP contribution >= 0.6 is 11.5 Å². The van der Waals surface area contributed by atoms with Crippen LogP contribution in [0.25, 0.3) is 0 Å². The summed E-state index contributed by atoms with van der Waals surface area (Å²) in [6.07, 6.45) is 9.33. The molecule has 32 heavy (non-hydrogen) atoms. The summed E-state index contributed by atoms with van der Waals surface area (Å²) < 4.78 is 3.85. The van der Waals surface area contributed by atoms with Crippen LogP contribution in [-0.2, 0) is 11.2 Å². The molecule has 0 unspecified atom stereocenters. The van der Waals surface area contributed by atoms with E-state index in [-0.39, 0.29) is 23.6 Å². The number of aromatic nitrogens is 3. The number of nitrogens with zero attached hydrogens (tertiary/aromatic N) is 4. The van der Waals surface area contributed by atoms with Crippen molar-refractivity contribution in [1.82, 2.24) is 24.8 Å². The first kappa shape index (κ1) is 22.1. The lowest BCUT2D eigenvalue weighted by Gasteiger charge is -2.33. The van der Waals surface area contributed by atoms with Crippen molar-refractivity contribution in [3.05, 3.63) is 77.1 Å². The van der Waals surface area contributed by atoms with Crippen molar-refractivity contribution in [1.29, 1.82) is 0 Å². The van der Waals surface area contributed by atoms with Gasteiger partial charge in [0, 0.05) is 35.9 Å². The highest BCUT2D eigenvalue weighted by Crippen LogP contribution is 2.25. The van der Waals surface area contributed by atoms with Gasteiger partial charge in [-0.3, -0.25) is 14.6 Å². The monoisotopic (exact) mass is 449 g/mol. The third-order valence-electron chi connectivity index (χ3n) is 5.84. The lowest BCUT2D eigenvalue weighted by molar-refractivity contribution is -0.126. The number of carbonyl (C=O) groups is 2. The van der Waals surface area contributed by atoms with E-state index in [1.54, 1.807) is 28.7 Å². The van der Waals surface area contributed by atoms with E-state index < -0.39 is 6.04 Å². The maximum Gasteiger partial charge on any atom is 0.276 e. The molecule has 1 aliphatic rings. The van der Waals surface area contributed by atoms with Crippen molar-refractivity contribution in [2.24, 2.45) is 0 Å². The van der Waals surface area contributed by atoms with Gasteiger partial charge in [0.1, 0.15) is 6.04 Å². The van der Waals surface area contributed by atoms with Crippen LogP contribution in [0.1, 0.15) is 59.8 Å².